The summed E-state index contributed by atoms with van der Waals surface area (Å²) in [6.45, 7) is 4.33. The van der Waals surface area contributed by atoms with E-state index in [-0.39, 0.29) is 17.8 Å². The lowest BCUT2D eigenvalue weighted by atomic mass is 10.0. The Labute approximate surface area is 214 Å². The lowest BCUT2D eigenvalue weighted by molar-refractivity contribution is 0.0931. The van der Waals surface area contributed by atoms with E-state index in [0.717, 1.165) is 44.0 Å². The summed E-state index contributed by atoms with van der Waals surface area (Å²) >= 11 is 12.3. The summed E-state index contributed by atoms with van der Waals surface area (Å²) in [5.74, 6) is -0.658. The van der Waals surface area contributed by atoms with Crippen LogP contribution in [0.1, 0.15) is 33.9 Å². The predicted octanol–water partition coefficient (Wildman–Crippen LogP) is 5.69. The molecule has 35 heavy (non-hydrogen) atoms. The highest BCUT2D eigenvalue weighted by atomic mass is 35.5. The number of piperazine rings is 1. The highest BCUT2D eigenvalue weighted by Gasteiger charge is 2.21. The molecule has 0 bridgehead atoms. The van der Waals surface area contributed by atoms with Crippen molar-refractivity contribution >= 4 is 34.8 Å². The molecule has 3 aromatic carbocycles. The minimum absolute atomic E-state index is 0.272. The maximum Gasteiger partial charge on any atom is 0.251 e. The normalized spacial score (nSPS) is 14.9. The van der Waals surface area contributed by atoms with Gasteiger partial charge >= 0.3 is 0 Å². The average Bonchev–Trinajstić information content (AvgIpc) is 2.89. The van der Waals surface area contributed by atoms with Gasteiger partial charge in [0.15, 0.2) is 0 Å². The second kappa shape index (κ2) is 11.5. The summed E-state index contributed by atoms with van der Waals surface area (Å²) < 4.78 is 13.3. The third-order valence-corrected chi connectivity index (χ3v) is 6.96. The second-order valence-electron chi connectivity index (χ2n) is 8.48. The number of carbonyl (C=O) groups excluding carboxylic acids is 1. The Kier molecular flexibility index (Phi) is 8.25. The molecule has 1 N–H and O–H groups in total. The van der Waals surface area contributed by atoms with Gasteiger partial charge in [-0.2, -0.15) is 5.26 Å². The minimum atomic E-state index is -0.386. The molecule has 1 amide bonds. The van der Waals surface area contributed by atoms with Crippen molar-refractivity contribution in [2.75, 3.05) is 37.6 Å². The number of halogens is 3. The van der Waals surface area contributed by atoms with Crippen molar-refractivity contribution in [1.82, 2.24) is 10.2 Å². The van der Waals surface area contributed by atoms with Gasteiger partial charge in [-0.25, -0.2) is 4.39 Å². The van der Waals surface area contributed by atoms with Crippen LogP contribution < -0.4 is 10.2 Å². The van der Waals surface area contributed by atoms with Gasteiger partial charge in [0, 0.05) is 44.0 Å². The summed E-state index contributed by atoms with van der Waals surface area (Å²) in [5.41, 5.74) is 3.03. The Bertz CT molecular complexity index is 1200. The van der Waals surface area contributed by atoms with Crippen molar-refractivity contribution in [3.63, 3.8) is 0 Å². The summed E-state index contributed by atoms with van der Waals surface area (Å²) in [5, 5.41) is 13.0. The Morgan fingerprint density at radius 3 is 2.29 bits per heavy atom. The van der Waals surface area contributed by atoms with Gasteiger partial charge < -0.3 is 10.2 Å². The van der Waals surface area contributed by atoms with Crippen molar-refractivity contribution in [3.05, 3.63) is 99.3 Å². The van der Waals surface area contributed by atoms with Crippen molar-refractivity contribution in [2.45, 2.75) is 12.5 Å². The first-order valence-electron chi connectivity index (χ1n) is 11.4. The van der Waals surface area contributed by atoms with Crippen molar-refractivity contribution in [2.24, 2.45) is 0 Å². The minimum Gasteiger partial charge on any atom is -0.369 e. The highest BCUT2D eigenvalue weighted by molar-refractivity contribution is 6.42. The highest BCUT2D eigenvalue weighted by Crippen LogP contribution is 2.28. The molecular formula is C27H25Cl2FN4O. The van der Waals surface area contributed by atoms with Gasteiger partial charge in [-0.05, 0) is 72.6 Å². The SMILES string of the molecule is N#Cc1ccc(N2CCN(CCC(NC(=O)c3ccc(F)cc3)c3ccc(Cl)c(Cl)c3)CC2)cc1. The molecule has 3 aromatic rings. The van der Waals surface area contributed by atoms with Gasteiger partial charge in [-0.3, -0.25) is 9.69 Å². The summed E-state index contributed by atoms with van der Waals surface area (Å²) in [6.07, 6.45) is 0.682. The zero-order valence-electron chi connectivity index (χ0n) is 19.1. The van der Waals surface area contributed by atoms with E-state index in [2.05, 4.69) is 21.2 Å². The summed E-state index contributed by atoms with van der Waals surface area (Å²) in [7, 11) is 0. The van der Waals surface area contributed by atoms with E-state index < -0.39 is 0 Å². The smallest absolute Gasteiger partial charge is 0.251 e. The van der Waals surface area contributed by atoms with Crippen LogP contribution in [0.5, 0.6) is 0 Å². The van der Waals surface area contributed by atoms with Crippen molar-refractivity contribution in [1.29, 1.82) is 5.26 Å². The Hall–Kier alpha value is -3.11. The van der Waals surface area contributed by atoms with E-state index in [1.165, 1.54) is 24.3 Å². The fraction of sp³-hybridized carbons (Fsp3) is 0.259. The third-order valence-electron chi connectivity index (χ3n) is 6.23. The number of amides is 1. The fourth-order valence-corrected chi connectivity index (χ4v) is 4.49. The van der Waals surface area contributed by atoms with Crippen LogP contribution in [0.15, 0.2) is 66.7 Å². The van der Waals surface area contributed by atoms with Crippen LogP contribution in [-0.2, 0) is 0 Å². The molecule has 1 atom stereocenters. The Morgan fingerprint density at radius 2 is 1.66 bits per heavy atom. The first kappa shape index (κ1) is 25.0. The quantitative estimate of drug-likeness (QED) is 0.443. The standard InChI is InChI=1S/C27H25Cl2FN4O/c28-24-10-5-21(17-25(24)29)26(32-27(35)20-3-6-22(30)7-4-20)11-12-33-13-15-34(16-14-33)23-8-1-19(18-31)2-9-23/h1-10,17,26H,11-16H2,(H,32,35). The molecule has 1 unspecified atom stereocenters. The fourth-order valence-electron chi connectivity index (χ4n) is 4.18. The number of nitrogens with zero attached hydrogens (tertiary/aromatic N) is 3. The van der Waals surface area contributed by atoms with E-state index in [1.807, 2.05) is 30.3 Å². The van der Waals surface area contributed by atoms with Gasteiger partial charge in [0.1, 0.15) is 5.82 Å². The van der Waals surface area contributed by atoms with Crippen LogP contribution in [0, 0.1) is 17.1 Å². The monoisotopic (exact) mass is 510 g/mol. The number of nitrogens with one attached hydrogen (secondary N) is 1. The summed E-state index contributed by atoms with van der Waals surface area (Å²) in [6, 6.07) is 20.4. The van der Waals surface area contributed by atoms with Crippen molar-refractivity contribution in [3.8, 4) is 6.07 Å². The van der Waals surface area contributed by atoms with E-state index >= 15 is 0 Å². The topological polar surface area (TPSA) is 59.4 Å². The molecule has 4 rings (SSSR count). The van der Waals surface area contributed by atoms with Crippen LogP contribution >= 0.6 is 23.2 Å². The molecular weight excluding hydrogens is 486 g/mol. The summed E-state index contributed by atoms with van der Waals surface area (Å²) in [4.78, 5) is 17.5. The van der Waals surface area contributed by atoms with Crippen LogP contribution in [0.3, 0.4) is 0 Å². The van der Waals surface area contributed by atoms with Gasteiger partial charge in [0.05, 0.1) is 27.7 Å². The van der Waals surface area contributed by atoms with E-state index in [9.17, 15) is 9.18 Å². The molecule has 0 aromatic heterocycles. The molecule has 1 heterocycles. The zero-order valence-corrected chi connectivity index (χ0v) is 20.6. The number of hydrogen-bond acceptors (Lipinski definition) is 4. The molecule has 1 aliphatic rings. The molecule has 0 spiro atoms. The lowest BCUT2D eigenvalue weighted by Crippen LogP contribution is -2.47. The molecule has 180 valence electrons. The van der Waals surface area contributed by atoms with Crippen LogP contribution in [0.4, 0.5) is 10.1 Å². The number of hydrogen-bond donors (Lipinski definition) is 1. The van der Waals surface area contributed by atoms with Crippen LogP contribution in [0.25, 0.3) is 0 Å². The predicted molar refractivity (Wildman–Crippen MR) is 137 cm³/mol. The first-order valence-corrected chi connectivity index (χ1v) is 12.2. The maximum atomic E-state index is 13.3. The maximum absolute atomic E-state index is 13.3. The van der Waals surface area contributed by atoms with Gasteiger partial charge in [0.2, 0.25) is 0 Å². The first-order chi connectivity index (χ1) is 16.9. The van der Waals surface area contributed by atoms with Gasteiger partial charge in [-0.15, -0.1) is 0 Å². The third kappa shape index (κ3) is 6.52. The number of anilines is 1. The van der Waals surface area contributed by atoms with E-state index in [1.54, 1.807) is 12.1 Å². The van der Waals surface area contributed by atoms with Crippen molar-refractivity contribution < 1.29 is 9.18 Å². The molecule has 8 heteroatoms. The number of nitriles is 1. The molecule has 0 aliphatic carbocycles. The van der Waals surface area contributed by atoms with Gasteiger partial charge in [-0.1, -0.05) is 29.3 Å². The zero-order chi connectivity index (χ0) is 24.8. The molecule has 5 nitrogen and oxygen atoms in total. The second-order valence-corrected chi connectivity index (χ2v) is 9.30. The Balaban J connectivity index is 1.39. The van der Waals surface area contributed by atoms with E-state index in [0.29, 0.717) is 27.6 Å². The molecule has 1 saturated heterocycles. The van der Waals surface area contributed by atoms with E-state index in [4.69, 9.17) is 28.5 Å². The number of benzene rings is 3. The molecule has 1 aliphatic heterocycles. The largest absolute Gasteiger partial charge is 0.369 e. The van der Waals surface area contributed by atoms with Crippen LogP contribution in [0.2, 0.25) is 10.0 Å². The number of rotatable bonds is 7. The van der Waals surface area contributed by atoms with Crippen LogP contribution in [-0.4, -0.2) is 43.5 Å². The number of carbonyl (C=O) groups is 1. The molecule has 0 saturated carbocycles. The lowest BCUT2D eigenvalue weighted by Gasteiger charge is -2.36. The molecule has 1 fully saturated rings. The Morgan fingerprint density at radius 1 is 0.971 bits per heavy atom. The molecule has 0 radical (unpaired) electrons. The van der Waals surface area contributed by atoms with Gasteiger partial charge in [0.25, 0.3) is 5.91 Å². The average molecular weight is 511 g/mol.